The molecule has 0 radical (unpaired) electrons. The van der Waals surface area contributed by atoms with Gasteiger partial charge in [0.05, 0.1) is 5.75 Å². The van der Waals surface area contributed by atoms with E-state index in [0.717, 1.165) is 19.5 Å². The van der Waals surface area contributed by atoms with Crippen molar-refractivity contribution in [2.45, 2.75) is 36.2 Å². The summed E-state index contributed by atoms with van der Waals surface area (Å²) in [6.45, 7) is 1.79. The molecule has 2 saturated heterocycles. The van der Waals surface area contributed by atoms with Gasteiger partial charge in [0.25, 0.3) is 0 Å². The zero-order valence-electron chi connectivity index (χ0n) is 13.2. The lowest BCUT2D eigenvalue weighted by atomic mass is 10.1. The minimum Gasteiger partial charge on any atom is -0.340 e. The molecule has 2 bridgehead atoms. The first kappa shape index (κ1) is 15.0. The van der Waals surface area contributed by atoms with Crippen molar-refractivity contribution >= 4 is 28.4 Å². The number of carbonyl (C=O) groups excluding carboxylic acids is 1. The molecular formula is C19H22N2OS. The number of nitrogens with one attached hydrogen (secondary N) is 1. The third-order valence-corrected chi connectivity index (χ3v) is 5.94. The highest BCUT2D eigenvalue weighted by Crippen LogP contribution is 2.25. The van der Waals surface area contributed by atoms with E-state index in [1.165, 1.54) is 28.5 Å². The molecule has 2 aliphatic heterocycles. The summed E-state index contributed by atoms with van der Waals surface area (Å²) < 4.78 is 0. The molecule has 0 aliphatic carbocycles. The van der Waals surface area contributed by atoms with E-state index < -0.39 is 0 Å². The third-order valence-electron chi connectivity index (χ3n) is 4.96. The van der Waals surface area contributed by atoms with Crippen molar-refractivity contribution in [3.63, 3.8) is 0 Å². The SMILES string of the molecule is O=C(CSc1ccc2ccccc2c1)N1CCC2CCC(C1)N2. The first-order valence-electron chi connectivity index (χ1n) is 8.43. The van der Waals surface area contributed by atoms with Gasteiger partial charge in [-0.2, -0.15) is 0 Å². The summed E-state index contributed by atoms with van der Waals surface area (Å²) in [4.78, 5) is 15.8. The first-order chi connectivity index (χ1) is 11.3. The van der Waals surface area contributed by atoms with E-state index in [0.29, 0.717) is 17.8 Å². The highest BCUT2D eigenvalue weighted by Gasteiger charge is 2.30. The van der Waals surface area contributed by atoms with E-state index in [1.807, 2.05) is 0 Å². The lowest BCUT2D eigenvalue weighted by Gasteiger charge is -2.24. The van der Waals surface area contributed by atoms with Crippen LogP contribution in [-0.4, -0.2) is 41.7 Å². The molecule has 4 rings (SSSR count). The van der Waals surface area contributed by atoms with Crippen molar-refractivity contribution in [3.05, 3.63) is 42.5 Å². The maximum atomic E-state index is 12.5. The van der Waals surface area contributed by atoms with Gasteiger partial charge in [-0.15, -0.1) is 11.8 Å². The zero-order valence-corrected chi connectivity index (χ0v) is 14.0. The van der Waals surface area contributed by atoms with Crippen molar-refractivity contribution in [3.8, 4) is 0 Å². The standard InChI is InChI=1S/C19H22N2OS/c22-19(21-10-9-16-6-7-17(12-21)20-16)13-23-18-8-5-14-3-1-2-4-15(14)11-18/h1-5,8,11,16-17,20H,6-7,9-10,12-13H2. The van der Waals surface area contributed by atoms with Crippen LogP contribution < -0.4 is 5.32 Å². The number of nitrogens with zero attached hydrogens (tertiary/aromatic N) is 1. The molecule has 2 fully saturated rings. The summed E-state index contributed by atoms with van der Waals surface area (Å²) in [6.07, 6.45) is 3.59. The quantitative estimate of drug-likeness (QED) is 0.879. The molecule has 3 nitrogen and oxygen atoms in total. The molecule has 23 heavy (non-hydrogen) atoms. The van der Waals surface area contributed by atoms with E-state index in [9.17, 15) is 4.79 Å². The monoisotopic (exact) mass is 326 g/mol. The Bertz CT molecular complexity index is 717. The Balaban J connectivity index is 1.38. The van der Waals surface area contributed by atoms with Crippen LogP contribution in [0.5, 0.6) is 0 Å². The maximum Gasteiger partial charge on any atom is 0.232 e. The molecule has 2 aromatic carbocycles. The van der Waals surface area contributed by atoms with Gasteiger partial charge < -0.3 is 10.2 Å². The Kier molecular flexibility index (Phi) is 4.27. The van der Waals surface area contributed by atoms with Crippen molar-refractivity contribution in [2.75, 3.05) is 18.8 Å². The van der Waals surface area contributed by atoms with Crippen LogP contribution in [-0.2, 0) is 4.79 Å². The van der Waals surface area contributed by atoms with Gasteiger partial charge in [0.1, 0.15) is 0 Å². The molecule has 1 amide bonds. The lowest BCUT2D eigenvalue weighted by Crippen LogP contribution is -2.39. The van der Waals surface area contributed by atoms with Crippen LogP contribution in [0.1, 0.15) is 19.3 Å². The maximum absolute atomic E-state index is 12.5. The highest BCUT2D eigenvalue weighted by atomic mass is 32.2. The molecular weight excluding hydrogens is 304 g/mol. The van der Waals surface area contributed by atoms with Gasteiger partial charge in [-0.25, -0.2) is 0 Å². The number of hydrogen-bond acceptors (Lipinski definition) is 3. The van der Waals surface area contributed by atoms with Gasteiger partial charge in [0.2, 0.25) is 5.91 Å². The van der Waals surface area contributed by atoms with Gasteiger partial charge in [0, 0.05) is 30.1 Å². The predicted molar refractivity (Wildman–Crippen MR) is 95.8 cm³/mol. The second-order valence-corrected chi connectivity index (χ2v) is 7.61. The van der Waals surface area contributed by atoms with Gasteiger partial charge in [-0.05, 0) is 42.2 Å². The molecule has 0 spiro atoms. The second kappa shape index (κ2) is 6.54. The van der Waals surface area contributed by atoms with Gasteiger partial charge in [0.15, 0.2) is 0 Å². The van der Waals surface area contributed by atoms with E-state index in [-0.39, 0.29) is 5.91 Å². The lowest BCUT2D eigenvalue weighted by molar-refractivity contribution is -0.128. The molecule has 2 atom stereocenters. The van der Waals surface area contributed by atoms with Gasteiger partial charge in [-0.3, -0.25) is 4.79 Å². The number of amides is 1. The Morgan fingerprint density at radius 3 is 2.83 bits per heavy atom. The van der Waals surface area contributed by atoms with E-state index in [1.54, 1.807) is 11.8 Å². The number of thioether (sulfide) groups is 1. The smallest absolute Gasteiger partial charge is 0.232 e. The van der Waals surface area contributed by atoms with Crippen LogP contribution in [0, 0.1) is 0 Å². The van der Waals surface area contributed by atoms with E-state index >= 15 is 0 Å². The highest BCUT2D eigenvalue weighted by molar-refractivity contribution is 8.00. The summed E-state index contributed by atoms with van der Waals surface area (Å²) in [7, 11) is 0. The number of fused-ring (bicyclic) bond motifs is 3. The fourth-order valence-electron chi connectivity index (χ4n) is 3.66. The van der Waals surface area contributed by atoms with Crippen LogP contribution in [0.15, 0.2) is 47.4 Å². The third kappa shape index (κ3) is 3.38. The largest absolute Gasteiger partial charge is 0.340 e. The summed E-state index contributed by atoms with van der Waals surface area (Å²) in [5, 5.41) is 6.12. The minimum absolute atomic E-state index is 0.275. The fraction of sp³-hybridized carbons (Fsp3) is 0.421. The number of hydrogen-bond donors (Lipinski definition) is 1. The van der Waals surface area contributed by atoms with Crippen LogP contribution in [0.2, 0.25) is 0 Å². The molecule has 2 unspecified atom stereocenters. The number of carbonyl (C=O) groups is 1. The van der Waals surface area contributed by atoms with Crippen LogP contribution in [0.4, 0.5) is 0 Å². The molecule has 1 N–H and O–H groups in total. The molecule has 120 valence electrons. The predicted octanol–water partition coefficient (Wildman–Crippen LogP) is 3.28. The molecule has 0 aromatic heterocycles. The van der Waals surface area contributed by atoms with Crippen molar-refractivity contribution in [1.82, 2.24) is 10.2 Å². The first-order valence-corrected chi connectivity index (χ1v) is 9.42. The second-order valence-electron chi connectivity index (χ2n) is 6.56. The topological polar surface area (TPSA) is 32.3 Å². The number of likely N-dealkylation sites (tertiary alicyclic amines) is 1. The minimum atomic E-state index is 0.275. The van der Waals surface area contributed by atoms with E-state index in [4.69, 9.17) is 0 Å². The van der Waals surface area contributed by atoms with Crippen molar-refractivity contribution in [1.29, 1.82) is 0 Å². The van der Waals surface area contributed by atoms with Crippen molar-refractivity contribution < 1.29 is 4.79 Å². The summed E-state index contributed by atoms with van der Waals surface area (Å²) >= 11 is 1.65. The Morgan fingerprint density at radius 1 is 1.09 bits per heavy atom. The normalized spacial score (nSPS) is 23.9. The van der Waals surface area contributed by atoms with Crippen LogP contribution in [0.25, 0.3) is 10.8 Å². The number of rotatable bonds is 3. The molecule has 0 saturated carbocycles. The Morgan fingerprint density at radius 2 is 1.91 bits per heavy atom. The zero-order chi connectivity index (χ0) is 15.6. The van der Waals surface area contributed by atoms with E-state index in [2.05, 4.69) is 52.7 Å². The molecule has 2 heterocycles. The van der Waals surface area contributed by atoms with Crippen LogP contribution in [0.3, 0.4) is 0 Å². The van der Waals surface area contributed by atoms with Crippen LogP contribution >= 0.6 is 11.8 Å². The average Bonchev–Trinajstić information content (AvgIpc) is 2.91. The molecule has 2 aliphatic rings. The fourth-order valence-corrected chi connectivity index (χ4v) is 4.51. The van der Waals surface area contributed by atoms with Gasteiger partial charge in [-0.1, -0.05) is 30.3 Å². The van der Waals surface area contributed by atoms with Gasteiger partial charge >= 0.3 is 0 Å². The summed E-state index contributed by atoms with van der Waals surface area (Å²) in [5.74, 6) is 0.813. The van der Waals surface area contributed by atoms with Crippen molar-refractivity contribution in [2.24, 2.45) is 0 Å². The summed E-state index contributed by atoms with van der Waals surface area (Å²) in [6, 6.07) is 15.9. The summed E-state index contributed by atoms with van der Waals surface area (Å²) in [5.41, 5.74) is 0. The molecule has 4 heteroatoms. The average molecular weight is 326 g/mol. The number of benzene rings is 2. The molecule has 2 aromatic rings. The Labute approximate surface area is 141 Å². The Hall–Kier alpha value is -1.52.